The van der Waals surface area contributed by atoms with Crippen LogP contribution < -0.4 is 10.6 Å². The summed E-state index contributed by atoms with van der Waals surface area (Å²) in [4.78, 5) is 32.7. The molecule has 2 aromatic rings. The van der Waals surface area contributed by atoms with Gasteiger partial charge >= 0.3 is 0 Å². The first-order chi connectivity index (χ1) is 10.6. The zero-order chi connectivity index (χ0) is 15.9. The SMILES string of the molecule is CCC(=O)NCCCNC(=O)c1nc(-c2nccs2)sc1C. The lowest BCUT2D eigenvalue weighted by Gasteiger charge is -2.05. The fourth-order valence-electron chi connectivity index (χ4n) is 1.75. The van der Waals surface area contributed by atoms with E-state index in [0.29, 0.717) is 31.6 Å². The monoisotopic (exact) mass is 338 g/mol. The number of hydrogen-bond acceptors (Lipinski definition) is 6. The molecule has 2 rings (SSSR count). The minimum atomic E-state index is -0.182. The molecule has 2 amide bonds. The lowest BCUT2D eigenvalue weighted by molar-refractivity contribution is -0.120. The Morgan fingerprint density at radius 3 is 2.68 bits per heavy atom. The lowest BCUT2D eigenvalue weighted by Crippen LogP contribution is -2.29. The summed E-state index contributed by atoms with van der Waals surface area (Å²) in [6, 6.07) is 0. The van der Waals surface area contributed by atoms with E-state index in [1.165, 1.54) is 22.7 Å². The molecule has 0 saturated carbocycles. The van der Waals surface area contributed by atoms with Gasteiger partial charge in [0.25, 0.3) is 5.91 Å². The first kappa shape index (κ1) is 16.6. The van der Waals surface area contributed by atoms with Crippen LogP contribution in [0.1, 0.15) is 35.1 Å². The molecule has 0 bridgehead atoms. The topological polar surface area (TPSA) is 84.0 Å². The summed E-state index contributed by atoms with van der Waals surface area (Å²) in [6.07, 6.45) is 2.89. The van der Waals surface area contributed by atoms with E-state index in [0.717, 1.165) is 14.9 Å². The lowest BCUT2D eigenvalue weighted by atomic mass is 10.3. The van der Waals surface area contributed by atoms with Gasteiger partial charge in [-0.05, 0) is 13.3 Å². The predicted octanol–water partition coefficient (Wildman–Crippen LogP) is 2.22. The number of rotatable bonds is 7. The van der Waals surface area contributed by atoms with Gasteiger partial charge in [-0.15, -0.1) is 22.7 Å². The molecule has 2 N–H and O–H groups in total. The Morgan fingerprint density at radius 1 is 1.23 bits per heavy atom. The van der Waals surface area contributed by atoms with Crippen LogP contribution in [0, 0.1) is 6.92 Å². The third-order valence-corrected chi connectivity index (χ3v) is 4.80. The van der Waals surface area contributed by atoms with Crippen LogP contribution >= 0.6 is 22.7 Å². The molecular weight excluding hydrogens is 320 g/mol. The van der Waals surface area contributed by atoms with E-state index in [4.69, 9.17) is 0 Å². The highest BCUT2D eigenvalue weighted by atomic mass is 32.1. The Bertz CT molecular complexity index is 637. The number of thiazole rings is 2. The molecule has 0 aliphatic rings. The third kappa shape index (κ3) is 4.35. The molecule has 22 heavy (non-hydrogen) atoms. The normalized spacial score (nSPS) is 10.5. The molecule has 0 radical (unpaired) electrons. The number of amides is 2. The van der Waals surface area contributed by atoms with Crippen molar-refractivity contribution in [1.82, 2.24) is 20.6 Å². The quantitative estimate of drug-likeness (QED) is 0.758. The van der Waals surface area contributed by atoms with Crippen LogP contribution in [-0.4, -0.2) is 34.9 Å². The van der Waals surface area contributed by atoms with Gasteiger partial charge in [0.1, 0.15) is 5.69 Å². The Balaban J connectivity index is 1.84. The second-order valence-corrected chi connectivity index (χ2v) is 6.67. The van der Waals surface area contributed by atoms with E-state index in [1.54, 1.807) is 6.20 Å². The highest BCUT2D eigenvalue weighted by Gasteiger charge is 2.16. The second kappa shape index (κ2) is 8.00. The van der Waals surface area contributed by atoms with Gasteiger partial charge in [-0.1, -0.05) is 6.92 Å². The molecule has 0 aromatic carbocycles. The van der Waals surface area contributed by atoms with Crippen LogP contribution in [0.25, 0.3) is 10.0 Å². The number of aromatic nitrogens is 2. The summed E-state index contributed by atoms with van der Waals surface area (Å²) < 4.78 is 0. The van der Waals surface area contributed by atoms with Gasteiger partial charge in [-0.25, -0.2) is 9.97 Å². The summed E-state index contributed by atoms with van der Waals surface area (Å²) in [7, 11) is 0. The smallest absolute Gasteiger partial charge is 0.271 e. The summed E-state index contributed by atoms with van der Waals surface area (Å²) in [5, 5.41) is 9.08. The van der Waals surface area contributed by atoms with Gasteiger partial charge in [0, 0.05) is 36.0 Å². The van der Waals surface area contributed by atoms with Crippen molar-refractivity contribution in [3.05, 3.63) is 22.1 Å². The van der Waals surface area contributed by atoms with Crippen molar-refractivity contribution < 1.29 is 9.59 Å². The van der Waals surface area contributed by atoms with E-state index in [-0.39, 0.29) is 11.8 Å². The molecule has 0 aliphatic carbocycles. The van der Waals surface area contributed by atoms with Crippen LogP contribution in [0.15, 0.2) is 11.6 Å². The van der Waals surface area contributed by atoms with E-state index in [1.807, 2.05) is 19.2 Å². The van der Waals surface area contributed by atoms with Gasteiger partial charge in [0.15, 0.2) is 10.0 Å². The van der Waals surface area contributed by atoms with Crippen LogP contribution in [-0.2, 0) is 4.79 Å². The minimum absolute atomic E-state index is 0.0229. The van der Waals surface area contributed by atoms with Crippen LogP contribution in [0.3, 0.4) is 0 Å². The Kier molecular flexibility index (Phi) is 6.02. The van der Waals surface area contributed by atoms with Gasteiger partial charge < -0.3 is 10.6 Å². The van der Waals surface area contributed by atoms with Crippen molar-refractivity contribution in [2.24, 2.45) is 0 Å². The molecule has 0 aliphatic heterocycles. The van der Waals surface area contributed by atoms with E-state index in [9.17, 15) is 9.59 Å². The van der Waals surface area contributed by atoms with E-state index in [2.05, 4.69) is 20.6 Å². The zero-order valence-corrected chi connectivity index (χ0v) is 14.1. The fourth-order valence-corrected chi connectivity index (χ4v) is 3.34. The number of nitrogens with zero attached hydrogens (tertiary/aromatic N) is 2. The average Bonchev–Trinajstić information content (AvgIpc) is 3.15. The largest absolute Gasteiger partial charge is 0.356 e. The maximum absolute atomic E-state index is 12.1. The summed E-state index contributed by atoms with van der Waals surface area (Å²) in [6.45, 7) is 4.76. The molecule has 0 fully saturated rings. The molecule has 2 heterocycles. The van der Waals surface area contributed by atoms with Crippen LogP contribution in [0.5, 0.6) is 0 Å². The van der Waals surface area contributed by atoms with Crippen LogP contribution in [0.2, 0.25) is 0 Å². The molecule has 0 saturated heterocycles. The summed E-state index contributed by atoms with van der Waals surface area (Å²) in [5.74, 6) is -0.159. The van der Waals surface area contributed by atoms with Gasteiger partial charge in [-0.3, -0.25) is 9.59 Å². The van der Waals surface area contributed by atoms with Crippen molar-refractivity contribution in [1.29, 1.82) is 0 Å². The molecule has 118 valence electrons. The molecule has 8 heteroatoms. The third-order valence-electron chi connectivity index (χ3n) is 2.91. The molecule has 2 aromatic heterocycles. The standard InChI is InChI=1S/C14H18N4O2S2/c1-3-10(19)15-5-4-6-16-12(20)11-9(2)22-14(18-11)13-17-7-8-21-13/h7-8H,3-6H2,1-2H3,(H,15,19)(H,16,20). The Labute approximate surface area is 137 Å². The predicted molar refractivity (Wildman–Crippen MR) is 88.2 cm³/mol. The van der Waals surface area contributed by atoms with Crippen molar-refractivity contribution in [2.45, 2.75) is 26.7 Å². The second-order valence-electron chi connectivity index (χ2n) is 4.57. The number of carbonyl (C=O) groups is 2. The Morgan fingerprint density at radius 2 is 2.00 bits per heavy atom. The molecular formula is C14H18N4O2S2. The van der Waals surface area contributed by atoms with Crippen molar-refractivity contribution in [3.8, 4) is 10.0 Å². The molecule has 0 atom stereocenters. The van der Waals surface area contributed by atoms with Gasteiger partial charge in [0.2, 0.25) is 5.91 Å². The molecule has 0 spiro atoms. The average molecular weight is 338 g/mol. The Hall–Kier alpha value is -1.80. The zero-order valence-electron chi connectivity index (χ0n) is 12.5. The van der Waals surface area contributed by atoms with E-state index < -0.39 is 0 Å². The minimum Gasteiger partial charge on any atom is -0.356 e. The van der Waals surface area contributed by atoms with Crippen LogP contribution in [0.4, 0.5) is 0 Å². The fraction of sp³-hybridized carbons (Fsp3) is 0.429. The molecule has 6 nitrogen and oxygen atoms in total. The summed E-state index contributed by atoms with van der Waals surface area (Å²) in [5.41, 5.74) is 0.452. The van der Waals surface area contributed by atoms with Crippen molar-refractivity contribution in [3.63, 3.8) is 0 Å². The maximum Gasteiger partial charge on any atom is 0.271 e. The number of hydrogen-bond donors (Lipinski definition) is 2. The highest BCUT2D eigenvalue weighted by Crippen LogP contribution is 2.28. The van der Waals surface area contributed by atoms with E-state index >= 15 is 0 Å². The van der Waals surface area contributed by atoms with Gasteiger partial charge in [0.05, 0.1) is 0 Å². The van der Waals surface area contributed by atoms with Crippen molar-refractivity contribution in [2.75, 3.05) is 13.1 Å². The molecule has 0 unspecified atom stereocenters. The number of nitrogens with one attached hydrogen (secondary N) is 2. The number of carbonyl (C=O) groups excluding carboxylic acids is 2. The number of aryl methyl sites for hydroxylation is 1. The van der Waals surface area contributed by atoms with Gasteiger partial charge in [-0.2, -0.15) is 0 Å². The summed E-state index contributed by atoms with van der Waals surface area (Å²) >= 11 is 2.97. The maximum atomic E-state index is 12.1. The highest BCUT2D eigenvalue weighted by molar-refractivity contribution is 7.20. The first-order valence-electron chi connectivity index (χ1n) is 7.04. The van der Waals surface area contributed by atoms with Crippen molar-refractivity contribution >= 4 is 34.5 Å². The first-order valence-corrected chi connectivity index (χ1v) is 8.73.